The monoisotopic (exact) mass is 219 g/mol. The van der Waals surface area contributed by atoms with Gasteiger partial charge >= 0.3 is 5.97 Å². The Bertz CT molecular complexity index is 164. The number of carboxylic acids is 1. The molecule has 0 radical (unpaired) electrons. The fraction of sp³-hybridized carbons (Fsp3) is 0.900. The molecule has 1 atom stereocenters. The van der Waals surface area contributed by atoms with Crippen molar-refractivity contribution in [3.63, 3.8) is 0 Å². The zero-order valence-electron chi connectivity index (χ0n) is 9.32. The number of aliphatic carboxylic acids is 1. The summed E-state index contributed by atoms with van der Waals surface area (Å²) in [6.07, 6.45) is 3.48. The van der Waals surface area contributed by atoms with E-state index in [4.69, 9.17) is 5.11 Å². The third-order valence-corrected chi connectivity index (χ3v) is 2.99. The van der Waals surface area contributed by atoms with Crippen molar-refractivity contribution in [2.24, 2.45) is 0 Å². The lowest BCUT2D eigenvalue weighted by molar-refractivity contribution is -0.138. The summed E-state index contributed by atoms with van der Waals surface area (Å²) in [7, 11) is 0. The summed E-state index contributed by atoms with van der Waals surface area (Å²) in [5, 5.41) is 8.67. The number of hydrogen-bond acceptors (Lipinski definition) is 3. The number of rotatable bonds is 8. The third kappa shape index (κ3) is 6.27. The molecule has 0 aliphatic heterocycles. The standard InChI is InChI=1S/C10H21NO2S/c1-4-11(6-5-7-14-3)9(2)8-10(12)13/h9H,4-8H2,1-3H3,(H,12,13). The van der Waals surface area contributed by atoms with Crippen LogP contribution < -0.4 is 0 Å². The summed E-state index contributed by atoms with van der Waals surface area (Å²) >= 11 is 1.84. The Hall–Kier alpha value is -0.220. The SMILES string of the molecule is CCN(CCCSC)C(C)CC(=O)O. The molecular weight excluding hydrogens is 198 g/mol. The average Bonchev–Trinajstić information content (AvgIpc) is 2.11. The Morgan fingerprint density at radius 1 is 1.57 bits per heavy atom. The molecule has 0 amide bonds. The van der Waals surface area contributed by atoms with Crippen LogP contribution in [-0.4, -0.2) is 47.1 Å². The van der Waals surface area contributed by atoms with Crippen molar-refractivity contribution in [2.75, 3.05) is 25.1 Å². The second kappa shape index (κ2) is 8.12. The van der Waals surface area contributed by atoms with E-state index in [0.717, 1.165) is 25.3 Å². The number of nitrogens with zero attached hydrogens (tertiary/aromatic N) is 1. The number of hydrogen-bond donors (Lipinski definition) is 1. The molecule has 0 heterocycles. The van der Waals surface area contributed by atoms with Crippen LogP contribution in [0.15, 0.2) is 0 Å². The number of carbonyl (C=O) groups is 1. The van der Waals surface area contributed by atoms with Crippen LogP contribution in [0.3, 0.4) is 0 Å². The molecule has 0 bridgehead atoms. The van der Waals surface area contributed by atoms with Crippen LogP contribution in [0.5, 0.6) is 0 Å². The van der Waals surface area contributed by atoms with Crippen molar-refractivity contribution in [2.45, 2.75) is 32.7 Å². The third-order valence-electron chi connectivity index (χ3n) is 2.29. The van der Waals surface area contributed by atoms with Gasteiger partial charge in [-0.25, -0.2) is 0 Å². The number of thioether (sulfide) groups is 1. The Morgan fingerprint density at radius 3 is 2.64 bits per heavy atom. The van der Waals surface area contributed by atoms with Gasteiger partial charge in [-0.3, -0.25) is 4.79 Å². The van der Waals surface area contributed by atoms with Crippen LogP contribution in [0.4, 0.5) is 0 Å². The van der Waals surface area contributed by atoms with Gasteiger partial charge in [0.05, 0.1) is 6.42 Å². The highest BCUT2D eigenvalue weighted by molar-refractivity contribution is 7.98. The molecule has 1 N–H and O–H groups in total. The minimum atomic E-state index is -0.708. The summed E-state index contributed by atoms with van der Waals surface area (Å²) < 4.78 is 0. The van der Waals surface area contributed by atoms with Crippen LogP contribution in [0.2, 0.25) is 0 Å². The van der Waals surface area contributed by atoms with Gasteiger partial charge in [-0.15, -0.1) is 0 Å². The molecule has 84 valence electrons. The fourth-order valence-corrected chi connectivity index (χ4v) is 1.90. The highest BCUT2D eigenvalue weighted by Crippen LogP contribution is 2.06. The molecule has 0 fully saturated rings. The van der Waals surface area contributed by atoms with E-state index in [0.29, 0.717) is 0 Å². The first kappa shape index (κ1) is 13.8. The first-order valence-corrected chi connectivity index (χ1v) is 6.46. The highest BCUT2D eigenvalue weighted by Gasteiger charge is 2.14. The molecule has 0 aliphatic rings. The fourth-order valence-electron chi connectivity index (χ4n) is 1.48. The van der Waals surface area contributed by atoms with Gasteiger partial charge in [0.25, 0.3) is 0 Å². The van der Waals surface area contributed by atoms with Crippen LogP contribution in [0.25, 0.3) is 0 Å². The quantitative estimate of drug-likeness (QED) is 0.633. The molecule has 0 saturated carbocycles. The molecule has 4 heteroatoms. The molecule has 1 unspecified atom stereocenters. The lowest BCUT2D eigenvalue weighted by Gasteiger charge is -2.26. The largest absolute Gasteiger partial charge is 0.481 e. The normalized spacial score (nSPS) is 13.1. The molecule has 3 nitrogen and oxygen atoms in total. The summed E-state index contributed by atoms with van der Waals surface area (Å²) in [6.45, 7) is 6.00. The first-order chi connectivity index (χ1) is 6.61. The van der Waals surface area contributed by atoms with Crippen molar-refractivity contribution >= 4 is 17.7 Å². The van der Waals surface area contributed by atoms with Crippen molar-refractivity contribution in [1.29, 1.82) is 0 Å². The first-order valence-electron chi connectivity index (χ1n) is 5.06. The Labute approximate surface area is 90.9 Å². The van der Waals surface area contributed by atoms with Crippen LogP contribution >= 0.6 is 11.8 Å². The van der Waals surface area contributed by atoms with E-state index in [1.165, 1.54) is 0 Å². The van der Waals surface area contributed by atoms with Gasteiger partial charge in [0, 0.05) is 6.04 Å². The second-order valence-electron chi connectivity index (χ2n) is 3.42. The Kier molecular flexibility index (Phi) is 7.99. The van der Waals surface area contributed by atoms with E-state index >= 15 is 0 Å². The van der Waals surface area contributed by atoms with Crippen molar-refractivity contribution in [3.05, 3.63) is 0 Å². The topological polar surface area (TPSA) is 40.5 Å². The van der Waals surface area contributed by atoms with Gasteiger partial charge in [-0.05, 0) is 38.4 Å². The lowest BCUT2D eigenvalue weighted by Crippen LogP contribution is -2.35. The smallest absolute Gasteiger partial charge is 0.304 e. The van der Waals surface area contributed by atoms with E-state index < -0.39 is 5.97 Å². The summed E-state index contributed by atoms with van der Waals surface area (Å²) in [4.78, 5) is 12.8. The van der Waals surface area contributed by atoms with Gasteiger partial charge in [-0.2, -0.15) is 11.8 Å². The van der Waals surface area contributed by atoms with Crippen molar-refractivity contribution in [3.8, 4) is 0 Å². The van der Waals surface area contributed by atoms with Gasteiger partial charge in [0.2, 0.25) is 0 Å². The Morgan fingerprint density at radius 2 is 2.21 bits per heavy atom. The molecule has 0 aliphatic carbocycles. The lowest BCUT2D eigenvalue weighted by atomic mass is 10.2. The van der Waals surface area contributed by atoms with Crippen molar-refractivity contribution in [1.82, 2.24) is 4.90 Å². The van der Waals surface area contributed by atoms with Gasteiger partial charge in [0.1, 0.15) is 0 Å². The predicted octanol–water partition coefficient (Wildman–Crippen LogP) is 1.92. The van der Waals surface area contributed by atoms with E-state index in [1.54, 1.807) is 0 Å². The van der Waals surface area contributed by atoms with Crippen LogP contribution in [0, 0.1) is 0 Å². The van der Waals surface area contributed by atoms with Crippen LogP contribution in [-0.2, 0) is 4.79 Å². The van der Waals surface area contributed by atoms with E-state index in [1.807, 2.05) is 18.7 Å². The minimum absolute atomic E-state index is 0.152. The second-order valence-corrected chi connectivity index (χ2v) is 4.41. The van der Waals surface area contributed by atoms with E-state index in [9.17, 15) is 4.79 Å². The van der Waals surface area contributed by atoms with Gasteiger partial charge in [-0.1, -0.05) is 6.92 Å². The molecule has 0 saturated heterocycles. The Balaban J connectivity index is 3.80. The molecule has 0 aromatic rings. The molecule has 0 spiro atoms. The molecule has 0 aromatic carbocycles. The predicted molar refractivity (Wildman–Crippen MR) is 62.0 cm³/mol. The van der Waals surface area contributed by atoms with Gasteiger partial charge in [0.15, 0.2) is 0 Å². The average molecular weight is 219 g/mol. The molecule has 0 rings (SSSR count). The molecule has 14 heavy (non-hydrogen) atoms. The zero-order valence-corrected chi connectivity index (χ0v) is 10.1. The highest BCUT2D eigenvalue weighted by atomic mass is 32.2. The summed E-state index contributed by atoms with van der Waals surface area (Å²) in [5.41, 5.74) is 0. The number of carboxylic acid groups (broad SMARTS) is 1. The van der Waals surface area contributed by atoms with E-state index in [-0.39, 0.29) is 12.5 Å². The minimum Gasteiger partial charge on any atom is -0.481 e. The van der Waals surface area contributed by atoms with Gasteiger partial charge < -0.3 is 10.0 Å². The summed E-state index contributed by atoms with van der Waals surface area (Å²) in [5.74, 6) is 0.442. The van der Waals surface area contributed by atoms with E-state index in [2.05, 4.69) is 18.1 Å². The molecular formula is C10H21NO2S. The maximum atomic E-state index is 10.5. The maximum absolute atomic E-state index is 10.5. The molecule has 0 aromatic heterocycles. The van der Waals surface area contributed by atoms with Crippen molar-refractivity contribution < 1.29 is 9.90 Å². The zero-order chi connectivity index (χ0) is 11.0. The summed E-state index contributed by atoms with van der Waals surface area (Å²) in [6, 6.07) is 0.152. The maximum Gasteiger partial charge on any atom is 0.304 e. The van der Waals surface area contributed by atoms with Crippen LogP contribution in [0.1, 0.15) is 26.7 Å².